The van der Waals surface area contributed by atoms with Crippen molar-refractivity contribution in [1.29, 1.82) is 0 Å². The van der Waals surface area contributed by atoms with Gasteiger partial charge in [-0.05, 0) is 19.1 Å². The zero-order chi connectivity index (χ0) is 17.9. The van der Waals surface area contributed by atoms with E-state index in [4.69, 9.17) is 27.9 Å². The molecule has 2 aromatic rings. The molecule has 0 saturated heterocycles. The van der Waals surface area contributed by atoms with Crippen LogP contribution in [-0.2, 0) is 9.53 Å². The summed E-state index contributed by atoms with van der Waals surface area (Å²) in [6, 6.07) is 5.03. The molecule has 0 saturated carbocycles. The van der Waals surface area contributed by atoms with Gasteiger partial charge in [0.1, 0.15) is 10.7 Å². The van der Waals surface area contributed by atoms with Gasteiger partial charge >= 0.3 is 5.97 Å². The summed E-state index contributed by atoms with van der Waals surface area (Å²) in [6.45, 7) is 1.20. The fourth-order valence-electron chi connectivity index (χ4n) is 1.89. The Balaban J connectivity index is 2.22. The van der Waals surface area contributed by atoms with Gasteiger partial charge in [0.05, 0.1) is 16.7 Å². The molecule has 0 aliphatic rings. The average Bonchev–Trinajstić information content (AvgIpc) is 3.00. The molecule has 1 atom stereocenters. The Bertz CT molecular complexity index is 781. The third-order valence-corrected chi connectivity index (χ3v) is 4.83. The summed E-state index contributed by atoms with van der Waals surface area (Å²) < 4.78 is 4.86. The van der Waals surface area contributed by atoms with Crippen LogP contribution < -0.4 is 5.32 Å². The quantitative estimate of drug-likeness (QED) is 0.791. The number of methoxy groups -OCH3 is 1. The maximum absolute atomic E-state index is 12.3. The molecular weight excluding hydrogens is 375 g/mol. The van der Waals surface area contributed by atoms with E-state index in [0.717, 1.165) is 0 Å². The first-order chi connectivity index (χ1) is 11.3. The lowest BCUT2D eigenvalue weighted by Crippen LogP contribution is -2.55. The molecule has 1 amide bonds. The van der Waals surface area contributed by atoms with E-state index >= 15 is 0 Å². The van der Waals surface area contributed by atoms with Crippen LogP contribution in [0.4, 0.5) is 0 Å². The van der Waals surface area contributed by atoms with Gasteiger partial charge in [-0.15, -0.1) is 11.3 Å². The molecule has 1 heterocycles. The number of halogens is 2. The van der Waals surface area contributed by atoms with Crippen LogP contribution in [0.1, 0.15) is 17.4 Å². The number of carboxylic acids is 1. The minimum atomic E-state index is -1.54. The Morgan fingerprint density at radius 2 is 2.08 bits per heavy atom. The van der Waals surface area contributed by atoms with Crippen LogP contribution in [0.5, 0.6) is 0 Å². The number of hydrogen-bond donors (Lipinski definition) is 2. The first-order valence-electron chi connectivity index (χ1n) is 6.72. The highest BCUT2D eigenvalue weighted by Gasteiger charge is 2.35. The zero-order valence-corrected chi connectivity index (χ0v) is 15.1. The first-order valence-corrected chi connectivity index (χ1v) is 8.36. The highest BCUT2D eigenvalue weighted by molar-refractivity contribution is 7.13. The van der Waals surface area contributed by atoms with Crippen molar-refractivity contribution in [3.05, 3.63) is 39.3 Å². The molecule has 2 N–H and O–H groups in total. The highest BCUT2D eigenvalue weighted by Crippen LogP contribution is 2.30. The van der Waals surface area contributed by atoms with Crippen LogP contribution in [0.2, 0.25) is 10.0 Å². The van der Waals surface area contributed by atoms with Gasteiger partial charge in [-0.1, -0.05) is 29.3 Å². The zero-order valence-electron chi connectivity index (χ0n) is 12.8. The van der Waals surface area contributed by atoms with E-state index in [1.807, 2.05) is 0 Å². The molecule has 1 aromatic carbocycles. The van der Waals surface area contributed by atoms with E-state index in [2.05, 4.69) is 10.3 Å². The minimum absolute atomic E-state index is 0.115. The number of rotatable bonds is 6. The SMILES string of the molecule is COCC(C)(NC(=O)c1csc(-c2ccc(Cl)c(Cl)c2)n1)C(=O)O. The number of nitrogens with one attached hydrogen (secondary N) is 1. The standard InChI is InChI=1S/C15H14Cl2N2O4S/c1-15(7-23-2,14(21)22)19-12(20)11-6-24-13(18-11)8-3-4-9(16)10(17)5-8/h3-6H,7H2,1-2H3,(H,19,20)(H,21,22). The molecule has 24 heavy (non-hydrogen) atoms. The maximum Gasteiger partial charge on any atom is 0.331 e. The van der Waals surface area contributed by atoms with Crippen molar-refractivity contribution in [2.45, 2.75) is 12.5 Å². The van der Waals surface area contributed by atoms with Crippen molar-refractivity contribution in [3.63, 3.8) is 0 Å². The lowest BCUT2D eigenvalue weighted by atomic mass is 10.0. The summed E-state index contributed by atoms with van der Waals surface area (Å²) in [7, 11) is 1.36. The molecule has 1 aromatic heterocycles. The summed E-state index contributed by atoms with van der Waals surface area (Å²) in [5.41, 5.74) is -0.713. The fourth-order valence-corrected chi connectivity index (χ4v) is 2.99. The number of amides is 1. The van der Waals surface area contributed by atoms with Crippen LogP contribution >= 0.6 is 34.5 Å². The summed E-state index contributed by atoms with van der Waals surface area (Å²) in [6.07, 6.45) is 0. The van der Waals surface area contributed by atoms with E-state index in [0.29, 0.717) is 20.6 Å². The predicted octanol–water partition coefficient (Wildman–Crippen LogP) is 3.34. The van der Waals surface area contributed by atoms with Crippen molar-refractivity contribution in [2.24, 2.45) is 0 Å². The number of carboxylic acid groups (broad SMARTS) is 1. The van der Waals surface area contributed by atoms with Crippen molar-refractivity contribution in [1.82, 2.24) is 10.3 Å². The number of aliphatic carboxylic acids is 1. The normalized spacial score (nSPS) is 13.3. The molecule has 0 spiro atoms. The molecule has 0 aliphatic carbocycles. The highest BCUT2D eigenvalue weighted by atomic mass is 35.5. The molecule has 0 radical (unpaired) electrons. The lowest BCUT2D eigenvalue weighted by Gasteiger charge is -2.24. The number of nitrogens with zero attached hydrogens (tertiary/aromatic N) is 1. The number of benzene rings is 1. The number of aromatic nitrogens is 1. The molecule has 9 heteroatoms. The molecule has 0 fully saturated rings. The molecule has 128 valence electrons. The molecule has 6 nitrogen and oxygen atoms in total. The number of thiazole rings is 1. The third-order valence-electron chi connectivity index (χ3n) is 3.20. The van der Waals surface area contributed by atoms with Crippen LogP contribution in [0.15, 0.2) is 23.6 Å². The van der Waals surface area contributed by atoms with Crippen molar-refractivity contribution < 1.29 is 19.4 Å². The van der Waals surface area contributed by atoms with Gasteiger partial charge in [0, 0.05) is 18.1 Å². The van der Waals surface area contributed by atoms with Gasteiger partial charge in [0.2, 0.25) is 0 Å². The van der Waals surface area contributed by atoms with E-state index in [1.165, 1.54) is 25.4 Å². The smallest absolute Gasteiger partial charge is 0.331 e. The van der Waals surface area contributed by atoms with Crippen LogP contribution in [-0.4, -0.2) is 41.2 Å². The molecular formula is C15H14Cl2N2O4S. The Labute approximate surface area is 152 Å². The Morgan fingerprint density at radius 3 is 2.67 bits per heavy atom. The Morgan fingerprint density at radius 1 is 1.38 bits per heavy atom. The predicted molar refractivity (Wildman–Crippen MR) is 93.0 cm³/mol. The summed E-state index contributed by atoms with van der Waals surface area (Å²) in [5, 5.41) is 14.6. The van der Waals surface area contributed by atoms with Crippen molar-refractivity contribution in [2.75, 3.05) is 13.7 Å². The van der Waals surface area contributed by atoms with Gasteiger partial charge < -0.3 is 15.2 Å². The summed E-state index contributed by atoms with van der Waals surface area (Å²) in [4.78, 5) is 27.8. The number of carbonyl (C=O) groups is 2. The van der Waals surface area contributed by atoms with E-state index in [9.17, 15) is 14.7 Å². The second-order valence-corrected chi connectivity index (χ2v) is 6.86. The molecule has 1 unspecified atom stereocenters. The van der Waals surface area contributed by atoms with Crippen LogP contribution in [0.3, 0.4) is 0 Å². The average molecular weight is 389 g/mol. The van der Waals surface area contributed by atoms with Gasteiger partial charge in [0.15, 0.2) is 5.54 Å². The van der Waals surface area contributed by atoms with Crippen molar-refractivity contribution in [3.8, 4) is 10.6 Å². The van der Waals surface area contributed by atoms with Gasteiger partial charge in [-0.2, -0.15) is 0 Å². The van der Waals surface area contributed by atoms with E-state index < -0.39 is 17.4 Å². The van der Waals surface area contributed by atoms with Gasteiger partial charge in [0.25, 0.3) is 5.91 Å². The second-order valence-electron chi connectivity index (χ2n) is 5.19. The molecule has 0 bridgehead atoms. The number of carbonyl (C=O) groups excluding carboxylic acids is 1. The fraction of sp³-hybridized carbons (Fsp3) is 0.267. The van der Waals surface area contributed by atoms with E-state index in [-0.39, 0.29) is 12.3 Å². The monoisotopic (exact) mass is 388 g/mol. The number of hydrogen-bond acceptors (Lipinski definition) is 5. The largest absolute Gasteiger partial charge is 0.479 e. The van der Waals surface area contributed by atoms with Gasteiger partial charge in [-0.3, -0.25) is 4.79 Å². The topological polar surface area (TPSA) is 88.5 Å². The first kappa shape index (κ1) is 18.7. The second kappa shape index (κ2) is 7.48. The number of ether oxygens (including phenoxy) is 1. The summed E-state index contributed by atoms with van der Waals surface area (Å²) >= 11 is 13.1. The van der Waals surface area contributed by atoms with Gasteiger partial charge in [-0.25, -0.2) is 9.78 Å². The molecule has 2 rings (SSSR count). The van der Waals surface area contributed by atoms with Crippen LogP contribution in [0, 0.1) is 0 Å². The van der Waals surface area contributed by atoms with E-state index in [1.54, 1.807) is 23.6 Å². The third kappa shape index (κ3) is 4.05. The Hall–Kier alpha value is -1.67. The Kier molecular flexibility index (Phi) is 5.82. The van der Waals surface area contributed by atoms with Crippen LogP contribution in [0.25, 0.3) is 10.6 Å². The lowest BCUT2D eigenvalue weighted by molar-refractivity contribution is -0.145. The van der Waals surface area contributed by atoms with Crippen molar-refractivity contribution >= 4 is 46.4 Å². The minimum Gasteiger partial charge on any atom is -0.479 e. The molecule has 0 aliphatic heterocycles. The maximum atomic E-state index is 12.3. The summed E-state index contributed by atoms with van der Waals surface area (Å²) in [5.74, 6) is -1.79.